The zero-order chi connectivity index (χ0) is 18.9. The number of aliphatic hydroxyl groups is 1. The summed E-state index contributed by atoms with van der Waals surface area (Å²) in [5.74, 6) is 0. The molecule has 0 bridgehead atoms. The molecule has 2 aromatic carbocycles. The van der Waals surface area contributed by atoms with Crippen LogP contribution in [0.25, 0.3) is 0 Å². The van der Waals surface area contributed by atoms with Crippen LogP contribution in [0.1, 0.15) is 35.1 Å². The average Bonchev–Trinajstić information content (AvgIpc) is 2.57. The highest BCUT2D eigenvalue weighted by molar-refractivity contribution is 7.99. The van der Waals surface area contributed by atoms with Crippen molar-refractivity contribution in [2.45, 2.75) is 48.3 Å². The first-order chi connectivity index (χ1) is 12.2. The molecule has 0 radical (unpaired) electrons. The number of alkyl halides is 3. The third-order valence-corrected chi connectivity index (χ3v) is 6.04. The lowest BCUT2D eigenvalue weighted by molar-refractivity contribution is -0.137. The van der Waals surface area contributed by atoms with Crippen LogP contribution in [0, 0.1) is 13.8 Å². The summed E-state index contributed by atoms with van der Waals surface area (Å²) in [5.41, 5.74) is 0.617. The van der Waals surface area contributed by atoms with Crippen LogP contribution in [0.15, 0.2) is 46.2 Å². The van der Waals surface area contributed by atoms with Crippen molar-refractivity contribution in [2.24, 2.45) is 0 Å². The number of piperidine rings is 1. The molecule has 1 saturated heterocycles. The highest BCUT2D eigenvalue weighted by atomic mass is 32.2. The molecule has 1 fully saturated rings. The number of halogens is 3. The Morgan fingerprint density at radius 1 is 1.00 bits per heavy atom. The molecule has 0 atom stereocenters. The van der Waals surface area contributed by atoms with Crippen LogP contribution in [0.5, 0.6) is 0 Å². The van der Waals surface area contributed by atoms with Gasteiger partial charge in [0.2, 0.25) is 0 Å². The van der Waals surface area contributed by atoms with Gasteiger partial charge in [0.15, 0.2) is 0 Å². The molecule has 0 amide bonds. The summed E-state index contributed by atoms with van der Waals surface area (Å²) in [4.78, 5) is 1.66. The topological polar surface area (TPSA) is 32.3 Å². The number of hydrogen-bond donors (Lipinski definition) is 2. The van der Waals surface area contributed by atoms with E-state index >= 15 is 0 Å². The molecule has 0 unspecified atom stereocenters. The number of aryl methyl sites for hydroxylation is 2. The van der Waals surface area contributed by atoms with Crippen LogP contribution in [0.4, 0.5) is 13.2 Å². The maximum atomic E-state index is 13.2. The molecule has 6 heteroatoms. The van der Waals surface area contributed by atoms with Crippen LogP contribution in [0.2, 0.25) is 0 Å². The molecule has 0 saturated carbocycles. The van der Waals surface area contributed by atoms with E-state index in [2.05, 4.69) is 5.32 Å². The third kappa shape index (κ3) is 4.08. The van der Waals surface area contributed by atoms with Crippen molar-refractivity contribution in [1.82, 2.24) is 5.32 Å². The molecule has 2 aromatic rings. The SMILES string of the molecule is Cc1ccc(Sc2ccc(C(F)(F)F)cc2C2(O)CCNCC2)c(C)c1. The van der Waals surface area contributed by atoms with Crippen LogP contribution in [0.3, 0.4) is 0 Å². The second-order valence-corrected chi connectivity index (χ2v) is 7.95. The van der Waals surface area contributed by atoms with Gasteiger partial charge in [-0.3, -0.25) is 0 Å². The molecule has 1 aliphatic rings. The van der Waals surface area contributed by atoms with Crippen LogP contribution in [-0.4, -0.2) is 18.2 Å². The van der Waals surface area contributed by atoms with Crippen molar-refractivity contribution in [2.75, 3.05) is 13.1 Å². The van der Waals surface area contributed by atoms with Gasteiger partial charge in [0, 0.05) is 9.79 Å². The van der Waals surface area contributed by atoms with Crippen molar-refractivity contribution < 1.29 is 18.3 Å². The summed E-state index contributed by atoms with van der Waals surface area (Å²) >= 11 is 1.41. The maximum Gasteiger partial charge on any atom is 0.416 e. The van der Waals surface area contributed by atoms with Gasteiger partial charge in [0.1, 0.15) is 0 Å². The smallest absolute Gasteiger partial charge is 0.385 e. The molecule has 140 valence electrons. The summed E-state index contributed by atoms with van der Waals surface area (Å²) in [7, 11) is 0. The third-order valence-electron chi connectivity index (χ3n) is 4.79. The number of benzene rings is 2. The quantitative estimate of drug-likeness (QED) is 0.781. The van der Waals surface area contributed by atoms with E-state index < -0.39 is 17.3 Å². The average molecular weight is 381 g/mol. The first-order valence-corrected chi connectivity index (χ1v) is 9.41. The van der Waals surface area contributed by atoms with Crippen molar-refractivity contribution >= 4 is 11.8 Å². The second-order valence-electron chi connectivity index (χ2n) is 6.86. The molecule has 1 aliphatic heterocycles. The van der Waals surface area contributed by atoms with Crippen LogP contribution >= 0.6 is 11.8 Å². The minimum Gasteiger partial charge on any atom is -0.385 e. The number of nitrogens with one attached hydrogen (secondary N) is 1. The van der Waals surface area contributed by atoms with Gasteiger partial charge < -0.3 is 10.4 Å². The summed E-state index contributed by atoms with van der Waals surface area (Å²) in [5, 5.41) is 14.2. The molecule has 2 N–H and O–H groups in total. The molecule has 1 heterocycles. The zero-order valence-corrected chi connectivity index (χ0v) is 15.6. The minimum atomic E-state index is -4.43. The monoisotopic (exact) mass is 381 g/mol. The minimum absolute atomic E-state index is 0.374. The van der Waals surface area contributed by atoms with E-state index in [0.717, 1.165) is 28.2 Å². The molecule has 3 rings (SSSR count). The van der Waals surface area contributed by atoms with Gasteiger partial charge in [-0.2, -0.15) is 13.2 Å². The lowest BCUT2D eigenvalue weighted by Crippen LogP contribution is -2.40. The standard InChI is InChI=1S/C20H22F3NOS/c1-13-3-5-17(14(2)11-13)26-18-6-4-15(20(21,22)23)12-16(18)19(25)7-9-24-10-8-19/h3-6,11-12,24-25H,7-10H2,1-2H3. The normalized spacial score (nSPS) is 17.3. The number of hydrogen-bond acceptors (Lipinski definition) is 3. The Kier molecular flexibility index (Phi) is 5.37. The highest BCUT2D eigenvalue weighted by Gasteiger charge is 2.37. The zero-order valence-electron chi connectivity index (χ0n) is 14.8. The molecular weight excluding hydrogens is 359 g/mol. The molecule has 2 nitrogen and oxygen atoms in total. The summed E-state index contributed by atoms with van der Waals surface area (Å²) < 4.78 is 39.7. The van der Waals surface area contributed by atoms with Crippen molar-refractivity contribution in [3.63, 3.8) is 0 Å². The van der Waals surface area contributed by atoms with Crippen molar-refractivity contribution in [3.8, 4) is 0 Å². The van der Waals surface area contributed by atoms with Crippen LogP contribution < -0.4 is 5.32 Å². The van der Waals surface area contributed by atoms with E-state index in [9.17, 15) is 18.3 Å². The summed E-state index contributed by atoms with van der Waals surface area (Å²) in [6.45, 7) is 5.15. The van der Waals surface area contributed by atoms with Crippen LogP contribution in [-0.2, 0) is 11.8 Å². The van der Waals surface area contributed by atoms with E-state index in [1.165, 1.54) is 17.8 Å². The Balaban J connectivity index is 2.06. The van der Waals surface area contributed by atoms with Gasteiger partial charge in [-0.25, -0.2) is 0 Å². The Labute approximate surface area is 155 Å². The van der Waals surface area contributed by atoms with Gasteiger partial charge in [-0.1, -0.05) is 29.5 Å². The summed E-state index contributed by atoms with van der Waals surface area (Å²) in [6, 6.07) is 9.71. The van der Waals surface area contributed by atoms with Crippen molar-refractivity contribution in [1.29, 1.82) is 0 Å². The Morgan fingerprint density at radius 3 is 2.27 bits per heavy atom. The summed E-state index contributed by atoms with van der Waals surface area (Å²) in [6.07, 6.45) is -3.63. The van der Waals surface area contributed by atoms with E-state index in [0.29, 0.717) is 36.4 Å². The predicted molar refractivity (Wildman–Crippen MR) is 97.5 cm³/mol. The predicted octanol–water partition coefficient (Wildman–Crippen LogP) is 5.04. The fourth-order valence-corrected chi connectivity index (χ4v) is 4.39. The fraction of sp³-hybridized carbons (Fsp3) is 0.400. The van der Waals surface area contributed by atoms with E-state index in [1.54, 1.807) is 0 Å². The molecular formula is C20H22F3NOS. The number of rotatable bonds is 3. The molecule has 0 spiro atoms. The Morgan fingerprint density at radius 2 is 1.65 bits per heavy atom. The first kappa shape index (κ1) is 19.3. The van der Waals surface area contributed by atoms with Gasteiger partial charge in [0.05, 0.1) is 11.2 Å². The Bertz CT molecular complexity index is 798. The molecule has 26 heavy (non-hydrogen) atoms. The largest absolute Gasteiger partial charge is 0.416 e. The fourth-order valence-electron chi connectivity index (χ4n) is 3.30. The lowest BCUT2D eigenvalue weighted by atomic mass is 9.84. The van der Waals surface area contributed by atoms with Gasteiger partial charge >= 0.3 is 6.18 Å². The van der Waals surface area contributed by atoms with Gasteiger partial charge in [0.25, 0.3) is 0 Å². The Hall–Kier alpha value is -1.50. The van der Waals surface area contributed by atoms with E-state index in [-0.39, 0.29) is 0 Å². The maximum absolute atomic E-state index is 13.2. The van der Waals surface area contributed by atoms with Crippen molar-refractivity contribution in [3.05, 3.63) is 58.7 Å². The lowest BCUT2D eigenvalue weighted by Gasteiger charge is -2.35. The molecule has 0 aliphatic carbocycles. The molecule has 0 aromatic heterocycles. The first-order valence-electron chi connectivity index (χ1n) is 8.59. The van der Waals surface area contributed by atoms with Gasteiger partial charge in [-0.05, 0) is 75.2 Å². The van der Waals surface area contributed by atoms with Gasteiger partial charge in [-0.15, -0.1) is 0 Å². The van der Waals surface area contributed by atoms with E-state index in [4.69, 9.17) is 0 Å². The van der Waals surface area contributed by atoms with E-state index in [1.807, 2.05) is 32.0 Å². The second kappa shape index (κ2) is 7.25. The highest BCUT2D eigenvalue weighted by Crippen LogP contribution is 2.43.